The molecule has 3 heterocycles. The first-order chi connectivity index (χ1) is 11.7. The number of morpholine rings is 1. The molecule has 1 saturated heterocycles. The van der Waals surface area contributed by atoms with E-state index in [9.17, 15) is 4.79 Å². The summed E-state index contributed by atoms with van der Waals surface area (Å²) in [5, 5.41) is 7.06. The van der Waals surface area contributed by atoms with E-state index in [1.807, 2.05) is 12.1 Å². The zero-order valence-electron chi connectivity index (χ0n) is 13.9. The molecule has 2 aromatic rings. The third-order valence-corrected chi connectivity index (χ3v) is 4.05. The van der Waals surface area contributed by atoms with Gasteiger partial charge in [-0.3, -0.25) is 14.4 Å². The molecular formula is C16H22N4O4. The summed E-state index contributed by atoms with van der Waals surface area (Å²) in [5.41, 5.74) is 0.417. The number of carbonyl (C=O) groups excluding carboxylic acids is 1. The van der Waals surface area contributed by atoms with Crippen molar-refractivity contribution in [3.8, 4) is 5.88 Å². The van der Waals surface area contributed by atoms with Gasteiger partial charge in [-0.05, 0) is 12.1 Å². The summed E-state index contributed by atoms with van der Waals surface area (Å²) in [5.74, 6) is 0.927. The van der Waals surface area contributed by atoms with E-state index in [-0.39, 0.29) is 11.9 Å². The van der Waals surface area contributed by atoms with Crippen molar-refractivity contribution in [1.29, 1.82) is 0 Å². The monoisotopic (exact) mass is 334 g/mol. The first-order valence-electron chi connectivity index (χ1n) is 7.90. The van der Waals surface area contributed by atoms with Crippen LogP contribution in [0.1, 0.15) is 22.2 Å². The normalized spacial score (nSPS) is 16.8. The summed E-state index contributed by atoms with van der Waals surface area (Å²) in [6, 6.07) is 3.75. The molecule has 0 radical (unpaired) electrons. The van der Waals surface area contributed by atoms with E-state index in [1.54, 1.807) is 24.2 Å². The molecule has 1 unspecified atom stereocenters. The minimum atomic E-state index is -0.218. The number of carbonyl (C=O) groups is 1. The summed E-state index contributed by atoms with van der Waals surface area (Å²) in [6.07, 6.45) is 3.29. The standard InChI is InChI=1S/C16H22N4O4/c1-19-11-12(16(18-19)22-2)15(21)17-10-13(14-4-3-7-24-14)20-5-8-23-9-6-20/h3-4,7,11,13H,5-6,8-10H2,1-2H3,(H,17,21). The largest absolute Gasteiger partial charge is 0.479 e. The molecule has 2 aromatic heterocycles. The molecule has 0 aliphatic carbocycles. The van der Waals surface area contributed by atoms with Gasteiger partial charge in [0.25, 0.3) is 5.91 Å². The van der Waals surface area contributed by atoms with Crippen LogP contribution in [0.15, 0.2) is 29.0 Å². The molecular weight excluding hydrogens is 312 g/mol. The Balaban J connectivity index is 1.70. The lowest BCUT2D eigenvalue weighted by Crippen LogP contribution is -2.43. The van der Waals surface area contributed by atoms with E-state index in [0.717, 1.165) is 18.8 Å². The molecule has 0 aromatic carbocycles. The van der Waals surface area contributed by atoms with Crippen molar-refractivity contribution in [1.82, 2.24) is 20.0 Å². The van der Waals surface area contributed by atoms with E-state index in [2.05, 4.69) is 15.3 Å². The number of rotatable bonds is 6. The molecule has 3 rings (SSSR count). The van der Waals surface area contributed by atoms with Crippen LogP contribution in [0.3, 0.4) is 0 Å². The average molecular weight is 334 g/mol. The van der Waals surface area contributed by atoms with Crippen LogP contribution in [0.5, 0.6) is 5.88 Å². The third-order valence-electron chi connectivity index (χ3n) is 4.05. The van der Waals surface area contributed by atoms with E-state index >= 15 is 0 Å². The Morgan fingerprint density at radius 3 is 2.92 bits per heavy atom. The molecule has 1 atom stereocenters. The highest BCUT2D eigenvalue weighted by atomic mass is 16.5. The average Bonchev–Trinajstić information content (AvgIpc) is 3.25. The van der Waals surface area contributed by atoms with Gasteiger partial charge in [-0.2, -0.15) is 0 Å². The molecule has 0 bridgehead atoms. The lowest BCUT2D eigenvalue weighted by molar-refractivity contribution is 0.0118. The van der Waals surface area contributed by atoms with Gasteiger partial charge in [-0.1, -0.05) is 0 Å². The van der Waals surface area contributed by atoms with Gasteiger partial charge in [0.2, 0.25) is 5.88 Å². The number of aryl methyl sites for hydroxylation is 1. The number of hydrogen-bond acceptors (Lipinski definition) is 6. The Labute approximate surface area is 140 Å². The third kappa shape index (κ3) is 3.60. The predicted octanol–water partition coefficient (Wildman–Crippen LogP) is 0.825. The molecule has 1 aliphatic heterocycles. The second-order valence-corrected chi connectivity index (χ2v) is 5.62. The van der Waals surface area contributed by atoms with Crippen molar-refractivity contribution >= 4 is 5.91 Å². The maximum atomic E-state index is 12.5. The van der Waals surface area contributed by atoms with E-state index in [4.69, 9.17) is 13.9 Å². The van der Waals surface area contributed by atoms with Crippen LogP contribution in [0.25, 0.3) is 0 Å². The van der Waals surface area contributed by atoms with Crippen molar-refractivity contribution in [2.75, 3.05) is 40.0 Å². The van der Waals surface area contributed by atoms with Crippen LogP contribution >= 0.6 is 0 Å². The van der Waals surface area contributed by atoms with E-state index < -0.39 is 0 Å². The minimum Gasteiger partial charge on any atom is -0.479 e. The van der Waals surface area contributed by atoms with Crippen LogP contribution < -0.4 is 10.1 Å². The SMILES string of the molecule is COc1nn(C)cc1C(=O)NCC(c1ccco1)N1CCOCC1. The van der Waals surface area contributed by atoms with Crippen LogP contribution in [0.2, 0.25) is 0 Å². The Bertz CT molecular complexity index is 662. The van der Waals surface area contributed by atoms with Gasteiger partial charge in [0, 0.05) is 32.9 Å². The molecule has 8 heteroatoms. The van der Waals surface area contributed by atoms with Gasteiger partial charge in [0.1, 0.15) is 11.3 Å². The summed E-state index contributed by atoms with van der Waals surface area (Å²) in [4.78, 5) is 14.7. The molecule has 8 nitrogen and oxygen atoms in total. The molecule has 1 aliphatic rings. The van der Waals surface area contributed by atoms with Gasteiger partial charge in [-0.25, -0.2) is 0 Å². The summed E-state index contributed by atoms with van der Waals surface area (Å²) >= 11 is 0. The topological polar surface area (TPSA) is 81.8 Å². The van der Waals surface area contributed by atoms with Gasteiger partial charge in [-0.15, -0.1) is 5.10 Å². The zero-order chi connectivity index (χ0) is 16.9. The van der Waals surface area contributed by atoms with E-state index in [0.29, 0.717) is 31.2 Å². The molecule has 1 N–H and O–H groups in total. The van der Waals surface area contributed by atoms with Gasteiger partial charge in [0.15, 0.2) is 0 Å². The number of ether oxygens (including phenoxy) is 2. The first kappa shape index (κ1) is 16.5. The number of aromatic nitrogens is 2. The van der Waals surface area contributed by atoms with Crippen molar-refractivity contribution in [2.45, 2.75) is 6.04 Å². The number of nitrogens with zero attached hydrogens (tertiary/aromatic N) is 3. The molecule has 0 saturated carbocycles. The number of nitrogens with one attached hydrogen (secondary N) is 1. The fourth-order valence-electron chi connectivity index (χ4n) is 2.84. The highest BCUT2D eigenvalue weighted by Gasteiger charge is 2.26. The van der Waals surface area contributed by atoms with Crippen molar-refractivity contribution in [3.05, 3.63) is 35.9 Å². The van der Waals surface area contributed by atoms with Crippen molar-refractivity contribution in [3.63, 3.8) is 0 Å². The quantitative estimate of drug-likeness (QED) is 0.842. The van der Waals surface area contributed by atoms with Crippen LogP contribution in [-0.4, -0.2) is 60.5 Å². The molecule has 0 spiro atoms. The maximum Gasteiger partial charge on any atom is 0.258 e. The Morgan fingerprint density at radius 2 is 2.25 bits per heavy atom. The van der Waals surface area contributed by atoms with Crippen molar-refractivity contribution < 1.29 is 18.7 Å². The molecule has 1 fully saturated rings. The Hall–Kier alpha value is -2.32. The number of hydrogen-bond donors (Lipinski definition) is 1. The molecule has 130 valence electrons. The highest BCUT2D eigenvalue weighted by Crippen LogP contribution is 2.22. The fourth-order valence-corrected chi connectivity index (χ4v) is 2.84. The summed E-state index contributed by atoms with van der Waals surface area (Å²) in [6.45, 7) is 3.41. The molecule has 1 amide bonds. The van der Waals surface area contributed by atoms with Gasteiger partial charge < -0.3 is 19.2 Å². The van der Waals surface area contributed by atoms with E-state index in [1.165, 1.54) is 7.11 Å². The number of methoxy groups -OCH3 is 1. The zero-order valence-corrected chi connectivity index (χ0v) is 13.9. The highest BCUT2D eigenvalue weighted by molar-refractivity contribution is 5.96. The maximum absolute atomic E-state index is 12.5. The smallest absolute Gasteiger partial charge is 0.258 e. The summed E-state index contributed by atoms with van der Waals surface area (Å²) in [7, 11) is 3.25. The summed E-state index contributed by atoms with van der Waals surface area (Å²) < 4.78 is 17.7. The first-order valence-corrected chi connectivity index (χ1v) is 7.90. The van der Waals surface area contributed by atoms with Crippen molar-refractivity contribution in [2.24, 2.45) is 7.05 Å². The minimum absolute atomic E-state index is 0.0319. The fraction of sp³-hybridized carbons (Fsp3) is 0.500. The van der Waals surface area contributed by atoms with Gasteiger partial charge in [0.05, 0.1) is 32.6 Å². The lowest BCUT2D eigenvalue weighted by Gasteiger charge is -2.33. The van der Waals surface area contributed by atoms with Crippen LogP contribution in [0, 0.1) is 0 Å². The molecule has 24 heavy (non-hydrogen) atoms. The number of amides is 1. The predicted molar refractivity (Wildman–Crippen MR) is 85.9 cm³/mol. The number of furan rings is 1. The lowest BCUT2D eigenvalue weighted by atomic mass is 10.1. The van der Waals surface area contributed by atoms with Crippen LogP contribution in [0.4, 0.5) is 0 Å². The van der Waals surface area contributed by atoms with Crippen LogP contribution in [-0.2, 0) is 11.8 Å². The Kier molecular flexibility index (Phi) is 5.17. The second kappa shape index (κ2) is 7.50. The Morgan fingerprint density at radius 1 is 1.46 bits per heavy atom. The van der Waals surface area contributed by atoms with Gasteiger partial charge >= 0.3 is 0 Å². The second-order valence-electron chi connectivity index (χ2n) is 5.62.